The largest absolute Gasteiger partial charge is 0.322 e. The predicted molar refractivity (Wildman–Crippen MR) is 121 cm³/mol. The van der Waals surface area contributed by atoms with E-state index in [9.17, 15) is 18.9 Å². The lowest BCUT2D eigenvalue weighted by atomic mass is 9.89. The molecule has 0 saturated carbocycles. The van der Waals surface area contributed by atoms with Crippen molar-refractivity contribution in [3.05, 3.63) is 76.8 Å². The van der Waals surface area contributed by atoms with Gasteiger partial charge in [0, 0.05) is 30.3 Å². The highest BCUT2D eigenvalue weighted by Crippen LogP contribution is 2.22. The summed E-state index contributed by atoms with van der Waals surface area (Å²) in [5.74, 6) is -0.245. The quantitative estimate of drug-likeness (QED) is 0.372. The fourth-order valence-corrected chi connectivity index (χ4v) is 4.02. The maximum absolute atomic E-state index is 13.1. The van der Waals surface area contributed by atoms with Gasteiger partial charge in [-0.2, -0.15) is 0 Å². The highest BCUT2D eigenvalue weighted by Gasteiger charge is 2.25. The normalized spacial score (nSPS) is 21.0. The molecule has 2 aliphatic heterocycles. The van der Waals surface area contributed by atoms with Crippen LogP contribution in [0, 0.1) is 16.6 Å². The number of nitrogens with zero attached hydrogens (tertiary/aromatic N) is 3. The number of ketones is 1. The number of urea groups is 1. The zero-order valence-electron chi connectivity index (χ0n) is 18.1. The molecule has 32 heavy (non-hydrogen) atoms. The van der Waals surface area contributed by atoms with E-state index in [-0.39, 0.29) is 29.2 Å². The molecule has 1 saturated heterocycles. The van der Waals surface area contributed by atoms with Crippen molar-refractivity contribution in [2.45, 2.75) is 25.7 Å². The van der Waals surface area contributed by atoms with E-state index in [4.69, 9.17) is 0 Å². The van der Waals surface area contributed by atoms with Crippen LogP contribution in [0.15, 0.2) is 65.6 Å². The molecule has 170 valence electrons. The minimum atomic E-state index is -0.333. The summed E-state index contributed by atoms with van der Waals surface area (Å²) >= 11 is 0. The molecule has 1 aromatic rings. The number of nitrogens with one attached hydrogen (secondary N) is 1. The minimum absolute atomic E-state index is 0.00961. The average Bonchev–Trinajstić information content (AvgIpc) is 2.86. The Balaban J connectivity index is 1.38. The van der Waals surface area contributed by atoms with E-state index in [1.54, 1.807) is 29.2 Å². The lowest BCUT2D eigenvalue weighted by molar-refractivity contribution is 0.0838. The third-order valence-electron chi connectivity index (χ3n) is 5.84. The number of unbranched alkanes of at least 4 members (excludes halogenated alkanes) is 1. The summed E-state index contributed by atoms with van der Waals surface area (Å²) in [5.41, 5.74) is 1.13. The number of carbonyl (C=O) groups is 2. The third kappa shape index (κ3) is 6.68. The van der Waals surface area contributed by atoms with Crippen molar-refractivity contribution < 1.29 is 14.0 Å². The smallest absolute Gasteiger partial charge is 0.321 e. The van der Waals surface area contributed by atoms with E-state index in [0.717, 1.165) is 45.3 Å². The summed E-state index contributed by atoms with van der Waals surface area (Å²) in [6.07, 6.45) is 8.15. The monoisotopic (exact) mass is 440 g/mol. The zero-order valence-corrected chi connectivity index (χ0v) is 18.1. The van der Waals surface area contributed by atoms with Gasteiger partial charge in [-0.3, -0.25) is 4.79 Å². The topological polar surface area (TPSA) is 82.1 Å². The van der Waals surface area contributed by atoms with Crippen LogP contribution >= 0.6 is 0 Å². The van der Waals surface area contributed by atoms with Gasteiger partial charge in [-0.25, -0.2) is 9.18 Å². The number of benzene rings is 1. The molecule has 1 aromatic carbocycles. The molecule has 3 rings (SSSR count). The van der Waals surface area contributed by atoms with Gasteiger partial charge in [0.25, 0.3) is 0 Å². The van der Waals surface area contributed by atoms with Crippen LogP contribution in [0.3, 0.4) is 0 Å². The molecule has 0 atom stereocenters. The van der Waals surface area contributed by atoms with Gasteiger partial charge in [-0.05, 0) is 86.9 Å². The Kier molecular flexibility index (Phi) is 8.44. The van der Waals surface area contributed by atoms with E-state index in [0.29, 0.717) is 24.4 Å². The summed E-state index contributed by atoms with van der Waals surface area (Å²) in [6.45, 7) is 7.34. The van der Waals surface area contributed by atoms with E-state index in [1.807, 2.05) is 0 Å². The van der Waals surface area contributed by atoms with Crippen LogP contribution in [0.5, 0.6) is 0 Å². The molecular formula is C24H29FN4O3. The second-order valence-electron chi connectivity index (χ2n) is 8.16. The van der Waals surface area contributed by atoms with Crippen molar-refractivity contribution in [3.63, 3.8) is 0 Å². The first-order valence-corrected chi connectivity index (χ1v) is 10.9. The van der Waals surface area contributed by atoms with Crippen LogP contribution in [0.1, 0.15) is 36.0 Å². The number of amides is 2. The number of carbonyl (C=O) groups excluding carboxylic acids is 2. The Hall–Kier alpha value is -3.13. The van der Waals surface area contributed by atoms with Gasteiger partial charge < -0.3 is 15.1 Å². The van der Waals surface area contributed by atoms with Gasteiger partial charge in [0.1, 0.15) is 11.5 Å². The highest BCUT2D eigenvalue weighted by atomic mass is 19.1. The maximum atomic E-state index is 13.1. The number of hydrogen-bond donors (Lipinski definition) is 1. The van der Waals surface area contributed by atoms with Gasteiger partial charge in [0.05, 0.1) is 0 Å². The summed E-state index contributed by atoms with van der Waals surface area (Å²) in [7, 11) is 0. The van der Waals surface area contributed by atoms with Crippen LogP contribution in [-0.2, 0) is 0 Å². The van der Waals surface area contributed by atoms with E-state index >= 15 is 0 Å². The number of rotatable bonds is 8. The molecule has 1 N–H and O–H groups in total. The van der Waals surface area contributed by atoms with Gasteiger partial charge in [-0.15, -0.1) is 4.91 Å². The molecule has 0 spiro atoms. The molecule has 2 aliphatic rings. The Morgan fingerprint density at radius 3 is 2.53 bits per heavy atom. The van der Waals surface area contributed by atoms with Gasteiger partial charge >= 0.3 is 6.03 Å². The van der Waals surface area contributed by atoms with Crippen molar-refractivity contribution >= 4 is 11.8 Å². The Bertz CT molecular complexity index is 902. The van der Waals surface area contributed by atoms with Crippen molar-refractivity contribution in [2.24, 2.45) is 11.1 Å². The second-order valence-corrected chi connectivity index (χ2v) is 8.16. The van der Waals surface area contributed by atoms with Crippen molar-refractivity contribution in [3.8, 4) is 0 Å². The molecular weight excluding hydrogens is 411 g/mol. The molecule has 8 heteroatoms. The van der Waals surface area contributed by atoms with Crippen LogP contribution in [0.25, 0.3) is 0 Å². The summed E-state index contributed by atoms with van der Waals surface area (Å²) in [6, 6.07) is 5.53. The summed E-state index contributed by atoms with van der Waals surface area (Å²) in [4.78, 5) is 39.8. The molecule has 2 amide bonds. The Labute approximate surface area is 187 Å². The van der Waals surface area contributed by atoms with Crippen molar-refractivity contribution in [1.29, 1.82) is 0 Å². The first-order valence-electron chi connectivity index (χ1n) is 10.9. The van der Waals surface area contributed by atoms with Crippen LogP contribution < -0.4 is 5.32 Å². The van der Waals surface area contributed by atoms with Crippen molar-refractivity contribution in [2.75, 3.05) is 32.7 Å². The van der Waals surface area contributed by atoms with E-state index in [1.165, 1.54) is 18.2 Å². The van der Waals surface area contributed by atoms with Crippen LogP contribution in [0.4, 0.5) is 9.18 Å². The number of likely N-dealkylation sites (tertiary alicyclic amines) is 1. The first kappa shape index (κ1) is 23.5. The van der Waals surface area contributed by atoms with Crippen LogP contribution in [-0.4, -0.2) is 54.3 Å². The number of hydrogen-bond acceptors (Lipinski definition) is 5. The van der Waals surface area contributed by atoms with Crippen molar-refractivity contribution in [1.82, 2.24) is 15.1 Å². The standard InChI is InChI=1S/C24H29FN4O3/c1-18-17-22(27-32)5-4-14-29(24(31)26-18)13-3-2-12-28-15-10-20(11-16-28)23(30)19-6-8-21(25)9-7-19/h4-9,17,20H,1-3,10-16H2,(H,26,31)/b5-4-,22-17+. The molecule has 7 nitrogen and oxygen atoms in total. The lowest BCUT2D eigenvalue weighted by Crippen LogP contribution is -2.40. The fourth-order valence-electron chi connectivity index (χ4n) is 4.02. The zero-order chi connectivity index (χ0) is 22.9. The maximum Gasteiger partial charge on any atom is 0.322 e. The molecule has 0 unspecified atom stereocenters. The van der Waals surface area contributed by atoms with E-state index in [2.05, 4.69) is 22.0 Å². The molecule has 2 heterocycles. The van der Waals surface area contributed by atoms with Gasteiger partial charge in [-0.1, -0.05) is 12.7 Å². The fraction of sp³-hybridized carbons (Fsp3) is 0.417. The number of Topliss-reactive ketones (excluding diaryl/α,β-unsaturated/α-hetero) is 1. The first-order chi connectivity index (χ1) is 15.5. The predicted octanol–water partition coefficient (Wildman–Crippen LogP) is 4.25. The molecule has 1 fully saturated rings. The van der Waals surface area contributed by atoms with Crippen LogP contribution in [0.2, 0.25) is 0 Å². The van der Waals surface area contributed by atoms with Gasteiger partial charge in [0.2, 0.25) is 0 Å². The summed E-state index contributed by atoms with van der Waals surface area (Å²) in [5, 5.41) is 5.58. The number of piperidine rings is 1. The minimum Gasteiger partial charge on any atom is -0.321 e. The third-order valence-corrected chi connectivity index (χ3v) is 5.84. The highest BCUT2D eigenvalue weighted by molar-refractivity contribution is 5.97. The summed E-state index contributed by atoms with van der Waals surface area (Å²) < 4.78 is 13.1. The number of halogens is 1. The molecule has 0 aromatic heterocycles. The Morgan fingerprint density at radius 2 is 1.84 bits per heavy atom. The molecule has 0 aliphatic carbocycles. The Morgan fingerprint density at radius 1 is 1.16 bits per heavy atom. The SMILES string of the molecule is C=C1/C=C(N=O)\C=C/CN(CCCCN2CCC(C(=O)c3ccc(F)cc3)CC2)C(=O)N1. The van der Waals surface area contributed by atoms with Gasteiger partial charge in [0.15, 0.2) is 5.78 Å². The molecule has 0 radical (unpaired) electrons. The molecule has 0 bridgehead atoms. The lowest BCUT2D eigenvalue weighted by Gasteiger charge is -2.31. The number of allylic oxidation sites excluding steroid dienone is 2. The average molecular weight is 441 g/mol. The second kappa shape index (κ2) is 11.5. The number of nitroso groups, excluding NO2 is 1. The van der Waals surface area contributed by atoms with E-state index < -0.39 is 0 Å².